The van der Waals surface area contributed by atoms with Crippen LogP contribution in [-0.4, -0.2) is 24.5 Å². The lowest BCUT2D eigenvalue weighted by molar-refractivity contribution is -0.111. The summed E-state index contributed by atoms with van der Waals surface area (Å²) >= 11 is 0. The Balaban J connectivity index is 2.33. The molecular formula is C16H15NO3. The van der Waals surface area contributed by atoms with Crippen molar-refractivity contribution >= 4 is 17.4 Å². The molecule has 0 bridgehead atoms. The van der Waals surface area contributed by atoms with Crippen LogP contribution in [0.1, 0.15) is 24.2 Å². The summed E-state index contributed by atoms with van der Waals surface area (Å²) in [6.07, 6.45) is 3.00. The van der Waals surface area contributed by atoms with Crippen molar-refractivity contribution in [1.29, 1.82) is 0 Å². The molecule has 4 heteroatoms. The van der Waals surface area contributed by atoms with Crippen LogP contribution in [0.3, 0.4) is 0 Å². The minimum Gasteiger partial charge on any atom is -0.497 e. The van der Waals surface area contributed by atoms with Crippen LogP contribution in [0.15, 0.2) is 52.6 Å². The largest absolute Gasteiger partial charge is 0.497 e. The SMILES string of the molecule is COc1cccc(C(=O)N=C2C=CC(=O)C(C)=C2C)c1. The van der Waals surface area contributed by atoms with Crippen molar-refractivity contribution in [1.82, 2.24) is 0 Å². The molecule has 0 N–H and O–H groups in total. The van der Waals surface area contributed by atoms with Crippen LogP contribution in [0, 0.1) is 0 Å². The zero-order chi connectivity index (χ0) is 14.7. The van der Waals surface area contributed by atoms with Gasteiger partial charge < -0.3 is 4.74 Å². The Bertz CT molecular complexity index is 666. The maximum Gasteiger partial charge on any atom is 0.277 e. The Morgan fingerprint density at radius 2 is 1.90 bits per heavy atom. The number of ketones is 1. The van der Waals surface area contributed by atoms with Gasteiger partial charge in [-0.25, -0.2) is 4.99 Å². The molecule has 102 valence electrons. The molecule has 0 spiro atoms. The third kappa shape index (κ3) is 2.74. The standard InChI is InChI=1S/C16H15NO3/c1-10-11(2)15(18)8-7-14(10)17-16(19)12-5-4-6-13(9-12)20-3/h4-9H,1-3H3. The number of carbonyl (C=O) groups excluding carboxylic acids is 2. The van der Waals surface area contributed by atoms with Gasteiger partial charge in [-0.15, -0.1) is 0 Å². The summed E-state index contributed by atoms with van der Waals surface area (Å²) in [4.78, 5) is 27.7. The molecule has 1 aliphatic carbocycles. The Hall–Kier alpha value is -2.49. The Kier molecular flexibility index (Phi) is 3.94. The first-order chi connectivity index (χ1) is 9.52. The Morgan fingerprint density at radius 1 is 1.15 bits per heavy atom. The molecule has 0 saturated carbocycles. The second-order valence-corrected chi connectivity index (χ2v) is 4.48. The fourth-order valence-electron chi connectivity index (χ4n) is 1.83. The van der Waals surface area contributed by atoms with Gasteiger partial charge in [-0.1, -0.05) is 6.07 Å². The zero-order valence-corrected chi connectivity index (χ0v) is 11.6. The van der Waals surface area contributed by atoms with Crippen molar-refractivity contribution in [3.05, 3.63) is 53.1 Å². The van der Waals surface area contributed by atoms with E-state index in [2.05, 4.69) is 4.99 Å². The zero-order valence-electron chi connectivity index (χ0n) is 11.6. The van der Waals surface area contributed by atoms with Crippen molar-refractivity contribution in [3.63, 3.8) is 0 Å². The number of aliphatic imine (C=N–C) groups is 1. The van der Waals surface area contributed by atoms with E-state index < -0.39 is 0 Å². The summed E-state index contributed by atoms with van der Waals surface area (Å²) in [6, 6.07) is 6.81. The van der Waals surface area contributed by atoms with Crippen molar-refractivity contribution in [2.45, 2.75) is 13.8 Å². The highest BCUT2D eigenvalue weighted by Crippen LogP contribution is 2.17. The molecule has 1 aromatic rings. The molecule has 0 aliphatic heterocycles. The molecule has 1 aromatic carbocycles. The van der Waals surface area contributed by atoms with Crippen LogP contribution < -0.4 is 4.74 Å². The summed E-state index contributed by atoms with van der Waals surface area (Å²) in [5.41, 5.74) is 2.32. The van der Waals surface area contributed by atoms with Gasteiger partial charge in [0.1, 0.15) is 5.75 Å². The van der Waals surface area contributed by atoms with Gasteiger partial charge in [0.05, 0.1) is 12.8 Å². The lowest BCUT2D eigenvalue weighted by Crippen LogP contribution is -2.12. The molecule has 20 heavy (non-hydrogen) atoms. The average molecular weight is 269 g/mol. The predicted octanol–water partition coefficient (Wildman–Crippen LogP) is 2.75. The van der Waals surface area contributed by atoms with Crippen LogP contribution in [-0.2, 0) is 4.79 Å². The number of carbonyl (C=O) groups is 2. The number of hydrogen-bond acceptors (Lipinski definition) is 3. The third-order valence-electron chi connectivity index (χ3n) is 3.25. The van der Waals surface area contributed by atoms with Gasteiger partial charge in [0, 0.05) is 11.1 Å². The van der Waals surface area contributed by atoms with Gasteiger partial charge in [0.25, 0.3) is 5.91 Å². The van der Waals surface area contributed by atoms with Crippen LogP contribution in [0.5, 0.6) is 5.75 Å². The third-order valence-corrected chi connectivity index (χ3v) is 3.25. The number of allylic oxidation sites excluding steroid dienone is 4. The fraction of sp³-hybridized carbons (Fsp3) is 0.188. The van der Waals surface area contributed by atoms with Crippen LogP contribution in [0.2, 0.25) is 0 Å². The number of ether oxygens (including phenoxy) is 1. The summed E-state index contributed by atoms with van der Waals surface area (Å²) in [7, 11) is 1.54. The lowest BCUT2D eigenvalue weighted by Gasteiger charge is -2.10. The number of benzene rings is 1. The highest BCUT2D eigenvalue weighted by atomic mass is 16.5. The molecule has 0 aromatic heterocycles. The predicted molar refractivity (Wildman–Crippen MR) is 77.3 cm³/mol. The van der Waals surface area contributed by atoms with Crippen molar-refractivity contribution < 1.29 is 14.3 Å². The van der Waals surface area contributed by atoms with Crippen molar-refractivity contribution in [3.8, 4) is 5.75 Å². The van der Waals surface area contributed by atoms with Crippen molar-refractivity contribution in [2.24, 2.45) is 4.99 Å². The molecule has 0 saturated heterocycles. The van der Waals surface area contributed by atoms with E-state index in [1.54, 1.807) is 51.3 Å². The molecule has 1 amide bonds. The fourth-order valence-corrected chi connectivity index (χ4v) is 1.83. The molecule has 4 nitrogen and oxygen atoms in total. The number of nitrogens with zero attached hydrogens (tertiary/aromatic N) is 1. The first-order valence-corrected chi connectivity index (χ1v) is 6.20. The average Bonchev–Trinajstić information content (AvgIpc) is 2.48. The monoisotopic (exact) mass is 269 g/mol. The van der Waals surface area contributed by atoms with E-state index in [0.717, 1.165) is 5.57 Å². The Morgan fingerprint density at radius 3 is 2.60 bits per heavy atom. The second kappa shape index (κ2) is 5.65. The van der Waals surface area contributed by atoms with Crippen molar-refractivity contribution in [2.75, 3.05) is 7.11 Å². The molecule has 2 rings (SSSR count). The number of methoxy groups -OCH3 is 1. The van der Waals surface area contributed by atoms with E-state index in [-0.39, 0.29) is 11.7 Å². The maximum absolute atomic E-state index is 12.1. The summed E-state index contributed by atoms with van der Waals surface area (Å²) < 4.78 is 5.08. The van der Waals surface area contributed by atoms with Crippen LogP contribution in [0.4, 0.5) is 0 Å². The van der Waals surface area contributed by atoms with Gasteiger partial charge in [0.15, 0.2) is 5.78 Å². The summed E-state index contributed by atoms with van der Waals surface area (Å²) in [6.45, 7) is 3.52. The molecule has 0 atom stereocenters. The molecule has 0 unspecified atom stereocenters. The first kappa shape index (κ1) is 13.9. The smallest absolute Gasteiger partial charge is 0.277 e. The summed E-state index contributed by atoms with van der Waals surface area (Å²) in [5, 5.41) is 0. The normalized spacial score (nSPS) is 16.8. The topological polar surface area (TPSA) is 55.7 Å². The Labute approximate surface area is 117 Å². The minimum atomic E-state index is -0.356. The van der Waals surface area contributed by atoms with E-state index in [1.165, 1.54) is 6.08 Å². The van der Waals surface area contributed by atoms with Gasteiger partial charge in [-0.3, -0.25) is 9.59 Å². The quantitative estimate of drug-likeness (QED) is 0.776. The molecule has 1 aliphatic rings. The number of rotatable bonds is 2. The maximum atomic E-state index is 12.1. The molecule has 0 fully saturated rings. The van der Waals surface area contributed by atoms with E-state index in [4.69, 9.17) is 4.74 Å². The molecule has 0 heterocycles. The number of amides is 1. The van der Waals surface area contributed by atoms with E-state index in [9.17, 15) is 9.59 Å². The highest BCUT2D eigenvalue weighted by molar-refractivity contribution is 6.24. The van der Waals surface area contributed by atoms with Gasteiger partial charge >= 0.3 is 0 Å². The first-order valence-electron chi connectivity index (χ1n) is 6.20. The van der Waals surface area contributed by atoms with E-state index in [0.29, 0.717) is 22.6 Å². The van der Waals surface area contributed by atoms with Gasteiger partial charge in [-0.2, -0.15) is 0 Å². The summed E-state index contributed by atoms with van der Waals surface area (Å²) in [5.74, 6) is 0.203. The van der Waals surface area contributed by atoms with E-state index in [1.807, 2.05) is 0 Å². The minimum absolute atomic E-state index is 0.0460. The van der Waals surface area contributed by atoms with Crippen LogP contribution >= 0.6 is 0 Å². The molecular weight excluding hydrogens is 254 g/mol. The number of hydrogen-bond donors (Lipinski definition) is 0. The lowest BCUT2D eigenvalue weighted by atomic mass is 9.97. The highest BCUT2D eigenvalue weighted by Gasteiger charge is 2.15. The van der Waals surface area contributed by atoms with Gasteiger partial charge in [0.2, 0.25) is 0 Å². The van der Waals surface area contributed by atoms with Gasteiger partial charge in [-0.05, 0) is 49.8 Å². The van der Waals surface area contributed by atoms with E-state index >= 15 is 0 Å². The molecule has 0 radical (unpaired) electrons. The second-order valence-electron chi connectivity index (χ2n) is 4.48. The van der Waals surface area contributed by atoms with Crippen LogP contribution in [0.25, 0.3) is 0 Å².